The Morgan fingerprint density at radius 3 is 2.32 bits per heavy atom. The van der Waals surface area contributed by atoms with Crippen LogP contribution in [0.2, 0.25) is 0 Å². The van der Waals surface area contributed by atoms with Gasteiger partial charge in [0.2, 0.25) is 5.91 Å². The fourth-order valence-corrected chi connectivity index (χ4v) is 3.36. The topological polar surface area (TPSA) is 58.6 Å². The van der Waals surface area contributed by atoms with Gasteiger partial charge in [-0.3, -0.25) is 4.79 Å². The predicted octanol–water partition coefficient (Wildman–Crippen LogP) is 4.73. The van der Waals surface area contributed by atoms with E-state index in [-0.39, 0.29) is 24.5 Å². The van der Waals surface area contributed by atoms with E-state index in [2.05, 4.69) is 21.2 Å². The lowest BCUT2D eigenvalue weighted by Gasteiger charge is -2.33. The van der Waals surface area contributed by atoms with Crippen LogP contribution in [0, 0.1) is 5.92 Å². The summed E-state index contributed by atoms with van der Waals surface area (Å²) in [6.45, 7) is 6.37. The molecule has 156 valence electrons. The van der Waals surface area contributed by atoms with Gasteiger partial charge in [-0.25, -0.2) is 4.79 Å². The summed E-state index contributed by atoms with van der Waals surface area (Å²) in [6.07, 6.45) is -3.77. The zero-order valence-corrected chi connectivity index (χ0v) is 17.6. The molecular formula is C19H24BrF3N2O3. The molecular weight excluding hydrogens is 441 g/mol. The highest BCUT2D eigenvalue weighted by Crippen LogP contribution is 2.32. The SMILES string of the molecule is CC(C)(C)OC(=O)N1CCC(C(=O)NCc2ccc(C(F)(F)F)cc2Br)CC1. The zero-order chi connectivity index (χ0) is 21.1. The molecule has 1 N–H and O–H groups in total. The minimum atomic E-state index is -4.41. The average Bonchev–Trinajstić information content (AvgIpc) is 2.58. The number of hydrogen-bond acceptors (Lipinski definition) is 3. The number of benzene rings is 1. The lowest BCUT2D eigenvalue weighted by Crippen LogP contribution is -2.44. The first-order valence-electron chi connectivity index (χ1n) is 8.98. The Morgan fingerprint density at radius 1 is 1.21 bits per heavy atom. The van der Waals surface area contributed by atoms with Crippen LogP contribution in [-0.2, 0) is 22.3 Å². The quantitative estimate of drug-likeness (QED) is 0.703. The van der Waals surface area contributed by atoms with Gasteiger partial charge in [0.1, 0.15) is 5.60 Å². The highest BCUT2D eigenvalue weighted by Gasteiger charge is 2.31. The summed E-state index contributed by atoms with van der Waals surface area (Å²) in [4.78, 5) is 26.0. The average molecular weight is 465 g/mol. The van der Waals surface area contributed by atoms with Crippen molar-refractivity contribution in [3.63, 3.8) is 0 Å². The van der Waals surface area contributed by atoms with E-state index in [0.29, 0.717) is 36.0 Å². The number of rotatable bonds is 3. The maximum absolute atomic E-state index is 12.7. The molecule has 1 saturated heterocycles. The first-order chi connectivity index (χ1) is 12.9. The number of nitrogens with one attached hydrogen (secondary N) is 1. The van der Waals surface area contributed by atoms with Gasteiger partial charge in [-0.15, -0.1) is 0 Å². The number of ether oxygens (including phenoxy) is 1. The minimum absolute atomic E-state index is 0.129. The Bertz CT molecular complexity index is 724. The molecule has 0 spiro atoms. The van der Waals surface area contributed by atoms with Crippen molar-refractivity contribution < 1.29 is 27.5 Å². The summed E-state index contributed by atoms with van der Waals surface area (Å²) in [7, 11) is 0. The van der Waals surface area contributed by atoms with Gasteiger partial charge in [0.15, 0.2) is 0 Å². The maximum atomic E-state index is 12.7. The van der Waals surface area contributed by atoms with E-state index in [1.807, 2.05) is 0 Å². The number of likely N-dealkylation sites (tertiary alicyclic amines) is 1. The second-order valence-electron chi connectivity index (χ2n) is 7.76. The second kappa shape index (κ2) is 8.71. The third-order valence-electron chi connectivity index (χ3n) is 4.35. The Kier molecular flexibility index (Phi) is 7.01. The van der Waals surface area contributed by atoms with Crippen LogP contribution in [0.1, 0.15) is 44.7 Å². The summed E-state index contributed by atoms with van der Waals surface area (Å²) in [5.74, 6) is -0.414. The van der Waals surface area contributed by atoms with Gasteiger partial charge in [0.05, 0.1) is 5.56 Å². The summed E-state index contributed by atoms with van der Waals surface area (Å²) >= 11 is 3.12. The molecule has 1 heterocycles. The van der Waals surface area contributed by atoms with Crippen molar-refractivity contribution >= 4 is 27.9 Å². The van der Waals surface area contributed by atoms with Gasteiger partial charge in [0, 0.05) is 30.0 Å². The Balaban J connectivity index is 1.84. The largest absolute Gasteiger partial charge is 0.444 e. The number of piperidine rings is 1. The van der Waals surface area contributed by atoms with Gasteiger partial charge in [0.25, 0.3) is 0 Å². The van der Waals surface area contributed by atoms with Crippen LogP contribution in [0.25, 0.3) is 0 Å². The van der Waals surface area contributed by atoms with Crippen LogP contribution >= 0.6 is 15.9 Å². The van der Waals surface area contributed by atoms with E-state index in [1.165, 1.54) is 6.07 Å². The van der Waals surface area contributed by atoms with Crippen LogP contribution in [0.5, 0.6) is 0 Å². The molecule has 0 bridgehead atoms. The van der Waals surface area contributed by atoms with E-state index >= 15 is 0 Å². The van der Waals surface area contributed by atoms with Crippen LogP contribution in [0.4, 0.5) is 18.0 Å². The van der Waals surface area contributed by atoms with Crippen molar-refractivity contribution in [3.8, 4) is 0 Å². The smallest absolute Gasteiger partial charge is 0.416 e. The molecule has 1 fully saturated rings. The fourth-order valence-electron chi connectivity index (χ4n) is 2.84. The van der Waals surface area contributed by atoms with E-state index in [4.69, 9.17) is 4.74 Å². The van der Waals surface area contributed by atoms with Gasteiger partial charge < -0.3 is 15.0 Å². The molecule has 0 aliphatic carbocycles. The molecule has 28 heavy (non-hydrogen) atoms. The van der Waals surface area contributed by atoms with E-state index < -0.39 is 17.3 Å². The van der Waals surface area contributed by atoms with Gasteiger partial charge in [-0.1, -0.05) is 22.0 Å². The van der Waals surface area contributed by atoms with E-state index in [9.17, 15) is 22.8 Å². The molecule has 0 radical (unpaired) electrons. The molecule has 0 saturated carbocycles. The summed E-state index contributed by atoms with van der Waals surface area (Å²) < 4.78 is 43.7. The Morgan fingerprint density at radius 2 is 1.82 bits per heavy atom. The number of carbonyl (C=O) groups is 2. The number of nitrogens with zero attached hydrogens (tertiary/aromatic N) is 1. The van der Waals surface area contributed by atoms with E-state index in [1.54, 1.807) is 25.7 Å². The van der Waals surface area contributed by atoms with E-state index in [0.717, 1.165) is 12.1 Å². The molecule has 1 aliphatic heterocycles. The number of carbonyl (C=O) groups excluding carboxylic acids is 2. The number of amides is 2. The lowest BCUT2D eigenvalue weighted by atomic mass is 9.96. The second-order valence-corrected chi connectivity index (χ2v) is 8.62. The molecule has 9 heteroatoms. The normalized spacial score (nSPS) is 16.0. The molecule has 1 aliphatic rings. The van der Waals surface area contributed by atoms with Crippen LogP contribution in [0.15, 0.2) is 22.7 Å². The first kappa shape index (κ1) is 22.5. The van der Waals surface area contributed by atoms with Crippen molar-refractivity contribution in [2.75, 3.05) is 13.1 Å². The standard InChI is InChI=1S/C19H24BrF3N2O3/c1-18(2,3)28-17(27)25-8-6-12(7-9-25)16(26)24-11-13-4-5-14(10-15(13)20)19(21,22)23/h4-5,10,12H,6-9,11H2,1-3H3,(H,24,26). The molecule has 5 nitrogen and oxygen atoms in total. The summed E-state index contributed by atoms with van der Waals surface area (Å²) in [6, 6.07) is 3.34. The molecule has 2 amide bonds. The maximum Gasteiger partial charge on any atom is 0.416 e. The van der Waals surface area contributed by atoms with Crippen molar-refractivity contribution in [2.24, 2.45) is 5.92 Å². The molecule has 1 aromatic carbocycles. The van der Waals surface area contributed by atoms with Gasteiger partial charge in [-0.2, -0.15) is 13.2 Å². The molecule has 0 unspecified atom stereocenters. The lowest BCUT2D eigenvalue weighted by molar-refractivity contribution is -0.137. The van der Waals surface area contributed by atoms with Crippen molar-refractivity contribution in [3.05, 3.63) is 33.8 Å². The minimum Gasteiger partial charge on any atom is -0.444 e. The monoisotopic (exact) mass is 464 g/mol. The Labute approximate surface area is 170 Å². The van der Waals surface area contributed by atoms with Gasteiger partial charge in [-0.05, 0) is 51.3 Å². The third-order valence-corrected chi connectivity index (χ3v) is 5.09. The predicted molar refractivity (Wildman–Crippen MR) is 102 cm³/mol. The third kappa shape index (κ3) is 6.39. The first-order valence-corrected chi connectivity index (χ1v) is 9.77. The summed E-state index contributed by atoms with van der Waals surface area (Å²) in [5, 5.41) is 2.77. The number of hydrogen-bond donors (Lipinski definition) is 1. The number of alkyl halides is 3. The highest BCUT2D eigenvalue weighted by atomic mass is 79.9. The van der Waals surface area contributed by atoms with Crippen molar-refractivity contribution in [1.29, 1.82) is 0 Å². The molecule has 0 aromatic heterocycles. The van der Waals surface area contributed by atoms with Crippen LogP contribution in [0.3, 0.4) is 0 Å². The Hall–Kier alpha value is -1.77. The van der Waals surface area contributed by atoms with Crippen LogP contribution in [-0.4, -0.2) is 35.6 Å². The van der Waals surface area contributed by atoms with Crippen LogP contribution < -0.4 is 5.32 Å². The molecule has 1 aromatic rings. The molecule has 2 rings (SSSR count). The van der Waals surface area contributed by atoms with Crippen molar-refractivity contribution in [2.45, 2.75) is 51.9 Å². The zero-order valence-electron chi connectivity index (χ0n) is 16.0. The molecule has 0 atom stereocenters. The fraction of sp³-hybridized carbons (Fsp3) is 0.579. The number of halogens is 4. The van der Waals surface area contributed by atoms with Crippen molar-refractivity contribution in [1.82, 2.24) is 10.2 Å². The summed E-state index contributed by atoms with van der Waals surface area (Å²) in [5.41, 5.74) is -0.753. The highest BCUT2D eigenvalue weighted by molar-refractivity contribution is 9.10. The van der Waals surface area contributed by atoms with Gasteiger partial charge >= 0.3 is 12.3 Å².